The van der Waals surface area contributed by atoms with Crippen LogP contribution in [0.3, 0.4) is 0 Å². The molecule has 33 valence electrons. The molecule has 1 radical (unpaired) electrons. The van der Waals surface area contributed by atoms with Crippen LogP contribution in [-0.2, 0) is 4.79 Å². The van der Waals surface area contributed by atoms with E-state index in [0.29, 0.717) is 5.57 Å². The third-order valence-electron chi connectivity index (χ3n) is 0.555. The lowest BCUT2D eigenvalue weighted by Crippen LogP contribution is -1.86. The van der Waals surface area contributed by atoms with Crippen LogP contribution in [0.1, 0.15) is 13.8 Å². The number of allylic oxidation sites excluding steroid dienone is 1. The van der Waals surface area contributed by atoms with E-state index in [9.17, 15) is 4.79 Å². The van der Waals surface area contributed by atoms with Crippen molar-refractivity contribution in [2.75, 3.05) is 0 Å². The smallest absolute Gasteiger partial charge is 0.155 e. The summed E-state index contributed by atoms with van der Waals surface area (Å²) in [5, 5.41) is 0. The molecule has 0 spiro atoms. The number of carbonyl (C=O) groups is 1. The zero-order valence-electron chi connectivity index (χ0n) is 3.99. The summed E-state index contributed by atoms with van der Waals surface area (Å²) in [6.07, 6.45) is 0. The maximum absolute atomic E-state index is 9.98. The average Bonchev–Trinajstić information content (AvgIpc) is 1.36. The van der Waals surface area contributed by atoms with Crippen molar-refractivity contribution < 1.29 is 4.79 Å². The van der Waals surface area contributed by atoms with Gasteiger partial charge in [-0.2, -0.15) is 0 Å². The van der Waals surface area contributed by atoms with Gasteiger partial charge in [0.25, 0.3) is 0 Å². The lowest BCUT2D eigenvalue weighted by Gasteiger charge is -1.80. The molecule has 0 aliphatic carbocycles. The van der Waals surface area contributed by atoms with E-state index in [1.165, 1.54) is 6.92 Å². The fraction of sp³-hybridized carbons (Fsp3) is 0.400. The van der Waals surface area contributed by atoms with E-state index in [0.717, 1.165) is 0 Å². The molecule has 0 rings (SSSR count). The minimum absolute atomic E-state index is 0.0463. The predicted molar refractivity (Wildman–Crippen MR) is 24.2 cm³/mol. The number of Topliss-reactive ketones (excluding diaryl/α,β-unsaturated/α-hetero) is 1. The molecule has 1 heteroatoms. The molecule has 0 atom stereocenters. The van der Waals surface area contributed by atoms with Gasteiger partial charge in [0.1, 0.15) is 0 Å². The Kier molecular flexibility index (Phi) is 1.58. The second-order valence-corrected chi connectivity index (χ2v) is 1.24. The van der Waals surface area contributed by atoms with Gasteiger partial charge >= 0.3 is 0 Å². The van der Waals surface area contributed by atoms with Crippen LogP contribution in [0.5, 0.6) is 0 Å². The van der Waals surface area contributed by atoms with E-state index in [1.54, 1.807) is 6.92 Å². The summed E-state index contributed by atoms with van der Waals surface area (Å²) >= 11 is 0. The Labute approximate surface area is 37.7 Å². The van der Waals surface area contributed by atoms with Crippen LogP contribution in [0.4, 0.5) is 0 Å². The summed E-state index contributed by atoms with van der Waals surface area (Å²) in [6.45, 7) is 8.03. The summed E-state index contributed by atoms with van der Waals surface area (Å²) in [5.74, 6) is -0.0463. The summed E-state index contributed by atoms with van der Waals surface area (Å²) in [5.41, 5.74) is 0.370. The lowest BCUT2D eigenvalue weighted by molar-refractivity contribution is -0.113. The van der Waals surface area contributed by atoms with Crippen LogP contribution >= 0.6 is 0 Å². The van der Waals surface area contributed by atoms with Crippen molar-refractivity contribution in [3.63, 3.8) is 0 Å². The predicted octanol–water partition coefficient (Wildman–Crippen LogP) is 0.955. The first kappa shape index (κ1) is 5.41. The van der Waals surface area contributed by atoms with Crippen LogP contribution in [0, 0.1) is 6.58 Å². The fourth-order valence-electron chi connectivity index (χ4n) is 0. The average molecular weight is 83.1 g/mol. The first-order chi connectivity index (χ1) is 2.64. The molecule has 0 heterocycles. The Morgan fingerprint density at radius 3 is 1.67 bits per heavy atom. The largest absolute Gasteiger partial charge is 0.295 e. The third-order valence-corrected chi connectivity index (χ3v) is 0.555. The van der Waals surface area contributed by atoms with Crippen LogP contribution in [0.25, 0.3) is 0 Å². The Hall–Kier alpha value is -0.590. The SMILES string of the molecule is [CH]=C(C)C(C)=O. The van der Waals surface area contributed by atoms with Gasteiger partial charge in [0.15, 0.2) is 5.78 Å². The Balaban J connectivity index is 3.57. The topological polar surface area (TPSA) is 17.1 Å². The molecule has 0 aliphatic rings. The Morgan fingerprint density at radius 2 is 1.67 bits per heavy atom. The molecule has 0 saturated heterocycles. The number of hydrogen-bond acceptors (Lipinski definition) is 1. The second kappa shape index (κ2) is 1.75. The molecule has 0 unspecified atom stereocenters. The second-order valence-electron chi connectivity index (χ2n) is 1.24. The number of rotatable bonds is 1. The molecular formula is C5H7O. The van der Waals surface area contributed by atoms with Crippen LogP contribution in [-0.4, -0.2) is 5.78 Å². The van der Waals surface area contributed by atoms with Crippen molar-refractivity contribution in [1.29, 1.82) is 0 Å². The van der Waals surface area contributed by atoms with Crippen LogP contribution in [0.15, 0.2) is 5.57 Å². The highest BCUT2D eigenvalue weighted by Gasteiger charge is 1.86. The molecule has 0 saturated carbocycles. The maximum atomic E-state index is 9.98. The molecule has 0 aromatic carbocycles. The van der Waals surface area contributed by atoms with Gasteiger partial charge in [-0.15, -0.1) is 0 Å². The number of ketones is 1. The van der Waals surface area contributed by atoms with Gasteiger partial charge in [-0.1, -0.05) is 6.58 Å². The van der Waals surface area contributed by atoms with E-state index in [4.69, 9.17) is 6.58 Å². The van der Waals surface area contributed by atoms with Crippen molar-refractivity contribution in [3.05, 3.63) is 12.2 Å². The quantitative estimate of drug-likeness (QED) is 0.431. The minimum Gasteiger partial charge on any atom is -0.295 e. The first-order valence-electron chi connectivity index (χ1n) is 1.74. The van der Waals surface area contributed by atoms with Gasteiger partial charge in [0.2, 0.25) is 0 Å². The summed E-state index contributed by atoms with van der Waals surface area (Å²) < 4.78 is 0. The van der Waals surface area contributed by atoms with Crippen molar-refractivity contribution in [2.24, 2.45) is 0 Å². The molecule has 0 fully saturated rings. The highest BCUT2D eigenvalue weighted by Crippen LogP contribution is 1.83. The van der Waals surface area contributed by atoms with E-state index < -0.39 is 0 Å². The van der Waals surface area contributed by atoms with Gasteiger partial charge in [-0.05, 0) is 19.4 Å². The summed E-state index contributed by atoms with van der Waals surface area (Å²) in [7, 11) is 0. The van der Waals surface area contributed by atoms with Crippen molar-refractivity contribution in [3.8, 4) is 0 Å². The molecule has 1 nitrogen and oxygen atoms in total. The van der Waals surface area contributed by atoms with Crippen LogP contribution in [0.2, 0.25) is 0 Å². The highest BCUT2D eigenvalue weighted by molar-refractivity contribution is 5.91. The molecule has 0 amide bonds. The zero-order valence-corrected chi connectivity index (χ0v) is 3.99. The van der Waals surface area contributed by atoms with E-state index in [1.807, 2.05) is 0 Å². The first-order valence-corrected chi connectivity index (χ1v) is 1.74. The molecule has 0 N–H and O–H groups in total. The molecule has 0 aromatic rings. The van der Waals surface area contributed by atoms with E-state index in [2.05, 4.69) is 0 Å². The van der Waals surface area contributed by atoms with Gasteiger partial charge < -0.3 is 0 Å². The van der Waals surface area contributed by atoms with Crippen molar-refractivity contribution in [1.82, 2.24) is 0 Å². The Bertz CT molecular complexity index is 69.9. The number of hydrogen-bond donors (Lipinski definition) is 0. The van der Waals surface area contributed by atoms with Crippen LogP contribution < -0.4 is 0 Å². The normalized spacial score (nSPS) is 7.67. The standard InChI is InChI=1S/C5H7O/c1-4(2)5(3)6/h1H,2-3H3. The van der Waals surface area contributed by atoms with Gasteiger partial charge in [-0.25, -0.2) is 0 Å². The fourth-order valence-corrected chi connectivity index (χ4v) is 0. The van der Waals surface area contributed by atoms with Crippen molar-refractivity contribution in [2.45, 2.75) is 13.8 Å². The van der Waals surface area contributed by atoms with Gasteiger partial charge in [-0.3, -0.25) is 4.79 Å². The maximum Gasteiger partial charge on any atom is 0.155 e. The van der Waals surface area contributed by atoms with E-state index >= 15 is 0 Å². The molecular weight excluding hydrogens is 76.1 g/mol. The minimum atomic E-state index is -0.0463. The monoisotopic (exact) mass is 83.0 g/mol. The van der Waals surface area contributed by atoms with Gasteiger partial charge in [0.05, 0.1) is 0 Å². The highest BCUT2D eigenvalue weighted by atomic mass is 16.1. The molecule has 0 aromatic heterocycles. The Morgan fingerprint density at radius 1 is 1.50 bits per heavy atom. The molecule has 0 bridgehead atoms. The van der Waals surface area contributed by atoms with Gasteiger partial charge in [0, 0.05) is 0 Å². The number of carbonyl (C=O) groups excluding carboxylic acids is 1. The molecule has 0 aliphatic heterocycles. The third kappa shape index (κ3) is 1.70. The van der Waals surface area contributed by atoms with Crippen molar-refractivity contribution >= 4 is 5.78 Å². The molecule has 6 heavy (non-hydrogen) atoms. The lowest BCUT2D eigenvalue weighted by atomic mass is 10.3. The zero-order chi connectivity index (χ0) is 5.15. The summed E-state index contributed by atoms with van der Waals surface area (Å²) in [6, 6.07) is 0. The van der Waals surface area contributed by atoms with E-state index in [-0.39, 0.29) is 5.78 Å². The summed E-state index contributed by atoms with van der Waals surface area (Å²) in [4.78, 5) is 9.98.